The second kappa shape index (κ2) is 5.60. The predicted octanol–water partition coefficient (Wildman–Crippen LogP) is 2.87. The zero-order chi connectivity index (χ0) is 13.0. The Labute approximate surface area is 110 Å². The molecule has 1 heterocycles. The van der Waals surface area contributed by atoms with Crippen LogP contribution < -0.4 is 10.1 Å². The fourth-order valence-electron chi connectivity index (χ4n) is 1.49. The predicted molar refractivity (Wildman–Crippen MR) is 67.9 cm³/mol. The third-order valence-electron chi connectivity index (χ3n) is 2.42. The summed E-state index contributed by atoms with van der Waals surface area (Å²) in [5.74, 6) is 1.03. The van der Waals surface area contributed by atoms with E-state index in [1.54, 1.807) is 36.6 Å². The van der Waals surface area contributed by atoms with Gasteiger partial charge in [-0.25, -0.2) is 0 Å². The Morgan fingerprint density at radius 3 is 2.89 bits per heavy atom. The lowest BCUT2D eigenvalue weighted by Crippen LogP contribution is -2.22. The first kappa shape index (κ1) is 12.5. The highest BCUT2D eigenvalue weighted by Gasteiger charge is 2.09. The van der Waals surface area contributed by atoms with E-state index in [1.807, 2.05) is 0 Å². The maximum Gasteiger partial charge on any atom is 0.251 e. The van der Waals surface area contributed by atoms with Crippen LogP contribution in [0.15, 0.2) is 41.0 Å². The minimum Gasteiger partial charge on any atom is -0.495 e. The van der Waals surface area contributed by atoms with Crippen LogP contribution in [0.25, 0.3) is 0 Å². The van der Waals surface area contributed by atoms with Crippen molar-refractivity contribution in [2.45, 2.75) is 6.54 Å². The van der Waals surface area contributed by atoms with Gasteiger partial charge in [-0.05, 0) is 30.3 Å². The van der Waals surface area contributed by atoms with Crippen molar-refractivity contribution in [3.05, 3.63) is 52.9 Å². The Bertz CT molecular complexity index is 537. The van der Waals surface area contributed by atoms with Crippen molar-refractivity contribution >= 4 is 17.5 Å². The smallest absolute Gasteiger partial charge is 0.251 e. The van der Waals surface area contributed by atoms with Gasteiger partial charge in [0.15, 0.2) is 0 Å². The number of halogens is 1. The van der Waals surface area contributed by atoms with Crippen LogP contribution in [0.1, 0.15) is 16.1 Å². The first-order valence-electron chi connectivity index (χ1n) is 5.35. The lowest BCUT2D eigenvalue weighted by Gasteiger charge is -2.06. The molecule has 18 heavy (non-hydrogen) atoms. The lowest BCUT2D eigenvalue weighted by molar-refractivity contribution is 0.0948. The summed E-state index contributed by atoms with van der Waals surface area (Å²) in [6, 6.07) is 8.44. The molecule has 2 rings (SSSR count). The van der Waals surface area contributed by atoms with Crippen molar-refractivity contribution in [2.75, 3.05) is 7.11 Å². The van der Waals surface area contributed by atoms with Crippen molar-refractivity contribution in [1.82, 2.24) is 5.32 Å². The molecule has 0 bridgehead atoms. The summed E-state index contributed by atoms with van der Waals surface area (Å²) in [7, 11) is 1.53. The van der Waals surface area contributed by atoms with Crippen LogP contribution in [0, 0.1) is 0 Å². The first-order chi connectivity index (χ1) is 8.70. The molecule has 94 valence electrons. The zero-order valence-corrected chi connectivity index (χ0v) is 10.5. The Kier molecular flexibility index (Phi) is 3.89. The molecule has 0 saturated heterocycles. The number of nitrogens with one attached hydrogen (secondary N) is 1. The van der Waals surface area contributed by atoms with E-state index in [0.29, 0.717) is 28.6 Å². The number of furan rings is 1. The molecule has 0 spiro atoms. The maximum atomic E-state index is 11.8. The summed E-state index contributed by atoms with van der Waals surface area (Å²) in [6.45, 7) is 0.343. The monoisotopic (exact) mass is 265 g/mol. The van der Waals surface area contributed by atoms with Crippen molar-refractivity contribution in [3.8, 4) is 5.75 Å². The molecule has 2 aromatic rings. The largest absolute Gasteiger partial charge is 0.495 e. The minimum absolute atomic E-state index is 0.212. The normalized spacial score (nSPS) is 10.1. The molecular formula is C13H12ClNO3. The van der Waals surface area contributed by atoms with Gasteiger partial charge in [0.05, 0.1) is 24.9 Å². The van der Waals surface area contributed by atoms with Gasteiger partial charge in [-0.15, -0.1) is 0 Å². The van der Waals surface area contributed by atoms with Crippen LogP contribution in [0.4, 0.5) is 0 Å². The van der Waals surface area contributed by atoms with E-state index in [2.05, 4.69) is 5.32 Å². The van der Waals surface area contributed by atoms with Gasteiger partial charge in [0.25, 0.3) is 5.91 Å². The second-order valence-corrected chi connectivity index (χ2v) is 4.02. The molecular weight excluding hydrogens is 254 g/mol. The number of rotatable bonds is 4. The summed E-state index contributed by atoms with van der Waals surface area (Å²) >= 11 is 5.95. The molecule has 5 heteroatoms. The van der Waals surface area contributed by atoms with Crippen LogP contribution in [0.5, 0.6) is 5.75 Å². The van der Waals surface area contributed by atoms with Crippen LogP contribution >= 0.6 is 11.6 Å². The molecule has 0 atom stereocenters. The van der Waals surface area contributed by atoms with E-state index in [4.69, 9.17) is 20.8 Å². The van der Waals surface area contributed by atoms with Gasteiger partial charge in [0.1, 0.15) is 11.5 Å². The van der Waals surface area contributed by atoms with E-state index in [1.165, 1.54) is 7.11 Å². The highest BCUT2D eigenvalue weighted by molar-refractivity contribution is 6.32. The van der Waals surface area contributed by atoms with E-state index in [-0.39, 0.29) is 5.91 Å². The average molecular weight is 266 g/mol. The van der Waals surface area contributed by atoms with Gasteiger partial charge in [0.2, 0.25) is 0 Å². The topological polar surface area (TPSA) is 51.5 Å². The summed E-state index contributed by atoms with van der Waals surface area (Å²) in [5.41, 5.74) is 0.479. The fraction of sp³-hybridized carbons (Fsp3) is 0.154. The molecule has 0 fully saturated rings. The molecule has 1 amide bonds. The summed E-state index contributed by atoms with van der Waals surface area (Å²) in [4.78, 5) is 11.8. The second-order valence-electron chi connectivity index (χ2n) is 3.61. The van der Waals surface area contributed by atoms with Gasteiger partial charge in [0, 0.05) is 5.56 Å². The highest BCUT2D eigenvalue weighted by Crippen LogP contribution is 2.24. The Balaban J connectivity index is 2.02. The van der Waals surface area contributed by atoms with E-state index >= 15 is 0 Å². The van der Waals surface area contributed by atoms with Crippen molar-refractivity contribution < 1.29 is 13.9 Å². The number of benzene rings is 1. The summed E-state index contributed by atoms with van der Waals surface area (Å²) in [5, 5.41) is 3.14. The van der Waals surface area contributed by atoms with Crippen LogP contribution in [-0.2, 0) is 6.54 Å². The third kappa shape index (κ3) is 2.84. The highest BCUT2D eigenvalue weighted by atomic mass is 35.5. The molecule has 0 aliphatic heterocycles. The van der Waals surface area contributed by atoms with Crippen LogP contribution in [0.2, 0.25) is 5.02 Å². The number of hydrogen-bond donors (Lipinski definition) is 1. The minimum atomic E-state index is -0.212. The van der Waals surface area contributed by atoms with Gasteiger partial charge in [-0.3, -0.25) is 4.79 Å². The molecule has 0 unspecified atom stereocenters. The number of methoxy groups -OCH3 is 1. The molecule has 4 nitrogen and oxygen atoms in total. The molecule has 0 radical (unpaired) electrons. The number of carbonyl (C=O) groups is 1. The first-order valence-corrected chi connectivity index (χ1v) is 5.72. The Morgan fingerprint density at radius 1 is 1.44 bits per heavy atom. The maximum absolute atomic E-state index is 11.8. The average Bonchev–Trinajstić information content (AvgIpc) is 2.89. The van der Waals surface area contributed by atoms with Crippen LogP contribution in [-0.4, -0.2) is 13.0 Å². The van der Waals surface area contributed by atoms with E-state index in [9.17, 15) is 4.79 Å². The molecule has 0 aliphatic carbocycles. The van der Waals surface area contributed by atoms with E-state index in [0.717, 1.165) is 0 Å². The Hall–Kier alpha value is -1.94. The van der Waals surface area contributed by atoms with E-state index < -0.39 is 0 Å². The fourth-order valence-corrected chi connectivity index (χ4v) is 1.75. The zero-order valence-electron chi connectivity index (χ0n) is 9.77. The molecule has 1 aromatic heterocycles. The molecule has 1 N–H and O–H groups in total. The number of ether oxygens (including phenoxy) is 1. The summed E-state index contributed by atoms with van der Waals surface area (Å²) < 4.78 is 10.1. The van der Waals surface area contributed by atoms with Gasteiger partial charge in [-0.1, -0.05) is 11.6 Å². The number of hydrogen-bond acceptors (Lipinski definition) is 3. The molecule has 0 saturated carbocycles. The van der Waals surface area contributed by atoms with Gasteiger partial charge >= 0.3 is 0 Å². The summed E-state index contributed by atoms with van der Waals surface area (Å²) in [6.07, 6.45) is 1.56. The third-order valence-corrected chi connectivity index (χ3v) is 2.71. The van der Waals surface area contributed by atoms with Crippen molar-refractivity contribution in [2.24, 2.45) is 0 Å². The van der Waals surface area contributed by atoms with Crippen molar-refractivity contribution in [1.29, 1.82) is 0 Å². The lowest BCUT2D eigenvalue weighted by atomic mass is 10.2. The Morgan fingerprint density at radius 2 is 2.28 bits per heavy atom. The quantitative estimate of drug-likeness (QED) is 0.925. The molecule has 0 aliphatic rings. The SMILES string of the molecule is COc1ccc(C(=O)NCc2ccco2)cc1Cl. The van der Waals surface area contributed by atoms with Crippen molar-refractivity contribution in [3.63, 3.8) is 0 Å². The van der Waals surface area contributed by atoms with Crippen LogP contribution in [0.3, 0.4) is 0 Å². The van der Waals surface area contributed by atoms with Gasteiger partial charge in [-0.2, -0.15) is 0 Å². The number of amides is 1. The standard InChI is InChI=1S/C13H12ClNO3/c1-17-12-5-4-9(7-11(12)14)13(16)15-8-10-3-2-6-18-10/h2-7H,8H2,1H3,(H,15,16). The van der Waals surface area contributed by atoms with Gasteiger partial charge < -0.3 is 14.5 Å². The molecule has 1 aromatic carbocycles. The number of carbonyl (C=O) groups excluding carboxylic acids is 1.